The second-order valence-electron chi connectivity index (χ2n) is 7.77. The van der Waals surface area contributed by atoms with Crippen LogP contribution in [0, 0.1) is 0 Å². The van der Waals surface area contributed by atoms with Gasteiger partial charge in [0.15, 0.2) is 6.23 Å². The molecular formula is C20H25N6O10P. The van der Waals surface area contributed by atoms with E-state index in [0.717, 1.165) is 16.8 Å². The van der Waals surface area contributed by atoms with Crippen molar-refractivity contribution in [3.05, 3.63) is 73.9 Å². The third kappa shape index (κ3) is 6.45. The van der Waals surface area contributed by atoms with Crippen molar-refractivity contribution < 1.29 is 38.1 Å². The number of hydrogen-bond donors (Lipinski definition) is 4. The zero-order valence-electron chi connectivity index (χ0n) is 19.7. The summed E-state index contributed by atoms with van der Waals surface area (Å²) in [4.78, 5) is 40.3. The van der Waals surface area contributed by atoms with E-state index in [1.54, 1.807) is 25.1 Å². The van der Waals surface area contributed by atoms with Crippen LogP contribution in [0.5, 0.6) is 5.75 Å². The molecule has 2 heterocycles. The van der Waals surface area contributed by atoms with Gasteiger partial charge in [-0.1, -0.05) is 23.3 Å². The SMILES string of the molecule is CCOC(=O)[C@H](C)NP(=O)(OC[C@@]1(N=[N+]=[N-])O[C@@H](n2ccc(=O)[nH]c2=O)[C@@H](O)[C@H]1O)Oc1ccccc1. The van der Waals surface area contributed by atoms with Crippen LogP contribution in [0.2, 0.25) is 0 Å². The molecule has 37 heavy (non-hydrogen) atoms. The predicted octanol–water partition coefficient (Wildman–Crippen LogP) is 0.539. The average Bonchev–Trinajstić information content (AvgIpc) is 3.09. The maximum Gasteiger partial charge on any atom is 0.459 e. The Labute approximate surface area is 209 Å². The summed E-state index contributed by atoms with van der Waals surface area (Å²) < 4.78 is 35.8. The Morgan fingerprint density at radius 3 is 2.68 bits per heavy atom. The van der Waals surface area contributed by atoms with Crippen molar-refractivity contribution in [3.8, 4) is 5.75 Å². The molecule has 0 aliphatic carbocycles. The molecule has 0 amide bonds. The van der Waals surface area contributed by atoms with E-state index in [-0.39, 0.29) is 12.4 Å². The summed E-state index contributed by atoms with van der Waals surface area (Å²) in [7, 11) is -4.47. The zero-order valence-corrected chi connectivity index (χ0v) is 20.6. The largest absolute Gasteiger partial charge is 0.465 e. The summed E-state index contributed by atoms with van der Waals surface area (Å²) in [6.07, 6.45) is -4.46. The molecular weight excluding hydrogens is 515 g/mol. The maximum atomic E-state index is 13.6. The Kier molecular flexibility index (Phi) is 8.89. The van der Waals surface area contributed by atoms with Crippen LogP contribution in [0.3, 0.4) is 0 Å². The minimum atomic E-state index is -4.47. The number of carbonyl (C=O) groups excluding carboxylic acids is 1. The monoisotopic (exact) mass is 540 g/mol. The van der Waals surface area contributed by atoms with E-state index in [1.165, 1.54) is 19.1 Å². The molecule has 200 valence electrons. The fraction of sp³-hybridized carbons (Fsp3) is 0.450. The molecule has 6 atom stereocenters. The first-order valence-corrected chi connectivity index (χ1v) is 12.4. The number of benzene rings is 1. The van der Waals surface area contributed by atoms with Crippen molar-refractivity contribution in [1.29, 1.82) is 0 Å². The number of H-pyrrole nitrogens is 1. The number of ether oxygens (including phenoxy) is 2. The molecule has 1 aromatic heterocycles. The van der Waals surface area contributed by atoms with Crippen LogP contribution in [-0.2, 0) is 23.4 Å². The fourth-order valence-corrected chi connectivity index (χ4v) is 4.89. The van der Waals surface area contributed by atoms with E-state index in [4.69, 9.17) is 24.1 Å². The lowest BCUT2D eigenvalue weighted by Crippen LogP contribution is -2.45. The third-order valence-corrected chi connectivity index (χ3v) is 6.77. The van der Waals surface area contributed by atoms with Gasteiger partial charge >= 0.3 is 19.4 Å². The topological polar surface area (TPSA) is 227 Å². The molecule has 1 aliphatic rings. The summed E-state index contributed by atoms with van der Waals surface area (Å²) in [6.45, 7) is 2.02. The highest BCUT2D eigenvalue weighted by molar-refractivity contribution is 7.52. The van der Waals surface area contributed by atoms with Crippen LogP contribution in [-0.4, -0.2) is 62.9 Å². The van der Waals surface area contributed by atoms with Gasteiger partial charge in [0.25, 0.3) is 5.56 Å². The van der Waals surface area contributed by atoms with E-state index in [9.17, 15) is 29.2 Å². The van der Waals surface area contributed by atoms with Gasteiger partial charge in [0.05, 0.1) is 13.2 Å². The standard InChI is InChI=1S/C20H25N6O10P/c1-3-33-18(30)12(2)23-37(32,36-13-7-5-4-6-8-13)34-11-20(24-25-21)16(29)15(28)17(35-20)26-10-9-14(27)22-19(26)31/h4-10,12,15-17,28-29H,3,11H2,1-2H3,(H,23,32)(H,22,27,31)/t12-,15-,16+,17+,20+,37?/m0/s1. The molecule has 1 saturated heterocycles. The number of rotatable bonds is 11. The van der Waals surface area contributed by atoms with Gasteiger partial charge < -0.3 is 24.2 Å². The number of esters is 1. The predicted molar refractivity (Wildman–Crippen MR) is 125 cm³/mol. The number of aliphatic hydroxyl groups excluding tert-OH is 2. The molecule has 2 aromatic rings. The third-order valence-electron chi connectivity index (χ3n) is 5.14. The number of aromatic amines is 1. The van der Waals surface area contributed by atoms with E-state index in [1.807, 2.05) is 4.98 Å². The van der Waals surface area contributed by atoms with Crippen molar-refractivity contribution in [2.75, 3.05) is 13.2 Å². The van der Waals surface area contributed by atoms with Gasteiger partial charge in [0.2, 0.25) is 5.72 Å². The fourth-order valence-electron chi connectivity index (χ4n) is 3.37. The van der Waals surface area contributed by atoms with Gasteiger partial charge in [-0.3, -0.25) is 23.7 Å². The molecule has 1 aromatic carbocycles. The number of aromatic nitrogens is 2. The van der Waals surface area contributed by atoms with Gasteiger partial charge in [-0.2, -0.15) is 5.09 Å². The quantitative estimate of drug-likeness (QED) is 0.101. The van der Waals surface area contributed by atoms with Crippen molar-refractivity contribution in [2.45, 2.75) is 44.1 Å². The molecule has 0 spiro atoms. The van der Waals surface area contributed by atoms with Crippen LogP contribution < -0.4 is 20.9 Å². The second kappa shape index (κ2) is 11.7. The van der Waals surface area contributed by atoms with Crippen LogP contribution >= 0.6 is 7.75 Å². The number of carbonyl (C=O) groups is 1. The number of nitrogens with one attached hydrogen (secondary N) is 2. The number of aliphatic hydroxyl groups is 2. The van der Waals surface area contributed by atoms with Gasteiger partial charge in [-0.05, 0) is 31.5 Å². The lowest BCUT2D eigenvalue weighted by atomic mass is 10.1. The summed E-state index contributed by atoms with van der Waals surface area (Å²) in [5.41, 5.74) is 5.01. The minimum Gasteiger partial charge on any atom is -0.465 e. The Morgan fingerprint density at radius 2 is 2.05 bits per heavy atom. The number of azide groups is 1. The Morgan fingerprint density at radius 1 is 1.35 bits per heavy atom. The molecule has 1 unspecified atom stereocenters. The molecule has 16 nitrogen and oxygen atoms in total. The van der Waals surface area contributed by atoms with E-state index in [2.05, 4.69) is 15.1 Å². The van der Waals surface area contributed by atoms with E-state index in [0.29, 0.717) is 0 Å². The summed E-state index contributed by atoms with van der Waals surface area (Å²) in [5.74, 6) is -0.685. The van der Waals surface area contributed by atoms with Crippen molar-refractivity contribution in [3.63, 3.8) is 0 Å². The molecule has 0 radical (unpaired) electrons. The van der Waals surface area contributed by atoms with Crippen LogP contribution in [0.25, 0.3) is 10.4 Å². The molecule has 17 heteroatoms. The highest BCUT2D eigenvalue weighted by atomic mass is 31.2. The van der Waals surface area contributed by atoms with Crippen molar-refractivity contribution in [2.24, 2.45) is 5.11 Å². The Balaban J connectivity index is 1.91. The summed E-state index contributed by atoms with van der Waals surface area (Å²) in [6, 6.07) is 7.55. The van der Waals surface area contributed by atoms with Gasteiger partial charge in [0.1, 0.15) is 24.0 Å². The van der Waals surface area contributed by atoms with Crippen molar-refractivity contribution >= 4 is 13.7 Å². The number of hydrogen-bond acceptors (Lipinski definition) is 11. The molecule has 0 saturated carbocycles. The van der Waals surface area contributed by atoms with E-state index < -0.39 is 61.8 Å². The number of nitrogens with zero attached hydrogens (tertiary/aromatic N) is 4. The normalized spacial score (nSPS) is 25.5. The van der Waals surface area contributed by atoms with Crippen molar-refractivity contribution in [1.82, 2.24) is 14.6 Å². The van der Waals surface area contributed by atoms with E-state index >= 15 is 0 Å². The molecule has 3 rings (SSSR count). The van der Waals surface area contributed by atoms with Gasteiger partial charge in [-0.15, -0.1) is 0 Å². The van der Waals surface area contributed by atoms with Gasteiger partial charge in [0, 0.05) is 17.2 Å². The summed E-state index contributed by atoms with van der Waals surface area (Å²) in [5, 5.41) is 27.1. The smallest absolute Gasteiger partial charge is 0.459 e. The lowest BCUT2D eigenvalue weighted by molar-refractivity contribution is -0.144. The lowest BCUT2D eigenvalue weighted by Gasteiger charge is -2.29. The molecule has 4 N–H and O–H groups in total. The molecule has 0 bridgehead atoms. The summed E-state index contributed by atoms with van der Waals surface area (Å²) >= 11 is 0. The first-order chi connectivity index (χ1) is 17.5. The second-order valence-corrected chi connectivity index (χ2v) is 9.47. The Bertz CT molecular complexity index is 1310. The Hall–Kier alpha value is -3.49. The zero-order chi connectivity index (χ0) is 27.2. The first kappa shape index (κ1) is 28.1. The van der Waals surface area contributed by atoms with Gasteiger partial charge in [-0.25, -0.2) is 9.36 Å². The highest BCUT2D eigenvalue weighted by Crippen LogP contribution is 2.48. The molecule has 1 fully saturated rings. The number of para-hydroxylation sites is 1. The van der Waals surface area contributed by atoms with Crippen LogP contribution in [0.4, 0.5) is 0 Å². The minimum absolute atomic E-state index is 0.0545. The molecule has 1 aliphatic heterocycles. The first-order valence-electron chi connectivity index (χ1n) is 10.9. The van der Waals surface area contributed by atoms with Crippen LogP contribution in [0.15, 0.2) is 57.3 Å². The average molecular weight is 540 g/mol. The van der Waals surface area contributed by atoms with Crippen LogP contribution in [0.1, 0.15) is 20.1 Å². The maximum absolute atomic E-state index is 13.6. The highest BCUT2D eigenvalue weighted by Gasteiger charge is 2.56.